The normalized spacial score (nSPS) is 22.7. The van der Waals surface area contributed by atoms with E-state index in [2.05, 4.69) is 0 Å². The molecule has 2 N–H and O–H groups in total. The van der Waals surface area contributed by atoms with E-state index < -0.39 is 30.5 Å². The number of β-amino-alcohol motifs (C(OH)–C–C–N with tert-alkyl or cyclic N) is 1. The van der Waals surface area contributed by atoms with Crippen molar-refractivity contribution in [2.75, 3.05) is 13.1 Å². The van der Waals surface area contributed by atoms with Crippen LogP contribution in [-0.2, 0) is 9.59 Å². The van der Waals surface area contributed by atoms with Gasteiger partial charge in [0.15, 0.2) is 0 Å². The molecule has 2 atom stereocenters. The molecule has 1 fully saturated rings. The second-order valence-electron chi connectivity index (χ2n) is 3.80. The minimum absolute atomic E-state index is 0. The zero-order valence-electron chi connectivity index (χ0n) is 10.5. The van der Waals surface area contributed by atoms with Gasteiger partial charge in [-0.3, -0.25) is 5.41 Å². The first kappa shape index (κ1) is 20.7. The van der Waals surface area contributed by atoms with Gasteiger partial charge in [0, 0.05) is 18.4 Å². The molecule has 2 unspecified atom stereocenters. The van der Waals surface area contributed by atoms with Crippen LogP contribution in [0, 0.1) is 11.3 Å². The van der Waals surface area contributed by atoms with E-state index in [-0.39, 0.29) is 84.3 Å². The fraction of sp³-hybridized carbons (Fsp3) is 0.667. The third-order valence-electron chi connectivity index (χ3n) is 2.45. The maximum atomic E-state index is 10.4. The molecule has 0 spiro atoms. The molecule has 18 heavy (non-hydrogen) atoms. The van der Waals surface area contributed by atoms with E-state index in [1.807, 2.05) is 0 Å². The number of rotatable bonds is 4. The maximum Gasteiger partial charge on any atom is 1.00 e. The SMILES string of the molecule is N=C1C(CC(=O)[O-])CC(O)CN1CC(=O)[O-].[Na+].[Na+]. The molecular formula is C9H12N2Na2O5. The number of likely N-dealkylation sites (tertiary alicyclic amines) is 1. The number of carbonyl (C=O) groups is 2. The Kier molecular flexibility index (Phi) is 10.7. The summed E-state index contributed by atoms with van der Waals surface area (Å²) < 4.78 is 0. The molecule has 0 bridgehead atoms. The van der Waals surface area contributed by atoms with E-state index in [4.69, 9.17) is 5.41 Å². The van der Waals surface area contributed by atoms with Crippen molar-refractivity contribution < 1.29 is 84.0 Å². The minimum atomic E-state index is -1.37. The molecular weight excluding hydrogens is 262 g/mol. The summed E-state index contributed by atoms with van der Waals surface area (Å²) in [6, 6.07) is 0. The quantitative estimate of drug-likeness (QED) is 0.490. The van der Waals surface area contributed by atoms with Crippen LogP contribution in [0.1, 0.15) is 12.8 Å². The van der Waals surface area contributed by atoms with Crippen LogP contribution in [0.3, 0.4) is 0 Å². The van der Waals surface area contributed by atoms with Gasteiger partial charge in [-0.15, -0.1) is 0 Å². The average Bonchev–Trinajstić information content (AvgIpc) is 2.11. The first-order valence-corrected chi connectivity index (χ1v) is 4.81. The van der Waals surface area contributed by atoms with Crippen molar-refractivity contribution in [3.8, 4) is 0 Å². The number of nitrogens with zero attached hydrogens (tertiary/aromatic N) is 1. The second-order valence-corrected chi connectivity index (χ2v) is 3.80. The fourth-order valence-electron chi connectivity index (χ4n) is 1.81. The van der Waals surface area contributed by atoms with E-state index in [1.165, 1.54) is 0 Å². The summed E-state index contributed by atoms with van der Waals surface area (Å²) in [5.41, 5.74) is 0. The molecule has 1 saturated heterocycles. The van der Waals surface area contributed by atoms with Crippen molar-refractivity contribution in [3.05, 3.63) is 0 Å². The Bertz CT molecular complexity index is 298. The van der Waals surface area contributed by atoms with Crippen LogP contribution >= 0.6 is 0 Å². The molecule has 0 aromatic heterocycles. The van der Waals surface area contributed by atoms with Crippen molar-refractivity contribution in [1.29, 1.82) is 5.41 Å². The summed E-state index contributed by atoms with van der Waals surface area (Å²) in [6.07, 6.45) is -1.09. The number of carboxylic acids is 2. The number of hydrogen-bond donors (Lipinski definition) is 2. The number of aliphatic hydroxyl groups excluding tert-OH is 1. The number of amidine groups is 1. The summed E-state index contributed by atoms with van der Waals surface area (Å²) in [6.45, 7) is -0.504. The number of hydrogen-bond acceptors (Lipinski definition) is 6. The molecule has 0 aliphatic carbocycles. The second kappa shape index (κ2) is 9.30. The zero-order valence-corrected chi connectivity index (χ0v) is 14.5. The fourth-order valence-corrected chi connectivity index (χ4v) is 1.81. The predicted molar refractivity (Wildman–Crippen MR) is 48.0 cm³/mol. The summed E-state index contributed by atoms with van der Waals surface area (Å²) in [4.78, 5) is 21.9. The number of carbonyl (C=O) groups excluding carboxylic acids is 2. The topological polar surface area (TPSA) is 128 Å². The molecule has 9 heteroatoms. The van der Waals surface area contributed by atoms with Crippen molar-refractivity contribution >= 4 is 17.8 Å². The van der Waals surface area contributed by atoms with Crippen LogP contribution in [0.2, 0.25) is 0 Å². The van der Waals surface area contributed by atoms with Crippen LogP contribution in [0.25, 0.3) is 0 Å². The molecule has 0 saturated carbocycles. The third kappa shape index (κ3) is 6.51. The Morgan fingerprint density at radius 1 is 1.33 bits per heavy atom. The van der Waals surface area contributed by atoms with E-state index in [0.29, 0.717) is 0 Å². The van der Waals surface area contributed by atoms with Gasteiger partial charge >= 0.3 is 59.1 Å². The smallest absolute Gasteiger partial charge is 0.550 e. The molecule has 1 aliphatic heterocycles. The summed E-state index contributed by atoms with van der Waals surface area (Å²) in [5.74, 6) is -3.49. The molecule has 7 nitrogen and oxygen atoms in total. The molecule has 1 aliphatic rings. The third-order valence-corrected chi connectivity index (χ3v) is 2.45. The van der Waals surface area contributed by atoms with Gasteiger partial charge in [-0.2, -0.15) is 0 Å². The Hall–Kier alpha value is 0.370. The molecule has 1 rings (SSSR count). The first-order valence-electron chi connectivity index (χ1n) is 4.81. The minimum Gasteiger partial charge on any atom is -0.550 e. The Labute approximate surface area is 149 Å². The van der Waals surface area contributed by atoms with Crippen LogP contribution in [0.15, 0.2) is 0 Å². The molecule has 1 heterocycles. The van der Waals surface area contributed by atoms with Gasteiger partial charge in [-0.1, -0.05) is 0 Å². The monoisotopic (exact) mass is 274 g/mol. The Morgan fingerprint density at radius 3 is 2.33 bits per heavy atom. The number of piperidine rings is 1. The van der Waals surface area contributed by atoms with E-state index in [1.54, 1.807) is 0 Å². The van der Waals surface area contributed by atoms with E-state index in [0.717, 1.165) is 4.90 Å². The molecule has 0 aromatic carbocycles. The van der Waals surface area contributed by atoms with Gasteiger partial charge in [0.05, 0.1) is 24.5 Å². The average molecular weight is 274 g/mol. The van der Waals surface area contributed by atoms with Gasteiger partial charge < -0.3 is 29.8 Å². The van der Waals surface area contributed by atoms with Crippen LogP contribution in [0.4, 0.5) is 0 Å². The Balaban J connectivity index is 0. The van der Waals surface area contributed by atoms with Crippen molar-refractivity contribution in [2.24, 2.45) is 5.92 Å². The maximum absolute atomic E-state index is 10.4. The van der Waals surface area contributed by atoms with Crippen LogP contribution in [0.5, 0.6) is 0 Å². The number of carboxylic acid groups (broad SMARTS) is 2. The molecule has 0 aromatic rings. The number of nitrogens with one attached hydrogen (secondary N) is 1. The largest absolute Gasteiger partial charge is 1.00 e. The molecule has 90 valence electrons. The van der Waals surface area contributed by atoms with E-state index >= 15 is 0 Å². The molecule has 0 amide bonds. The predicted octanol–water partition coefficient (Wildman–Crippen LogP) is -9.46. The number of aliphatic carboxylic acids is 2. The first-order chi connectivity index (χ1) is 7.40. The van der Waals surface area contributed by atoms with Gasteiger partial charge in [-0.25, -0.2) is 0 Å². The van der Waals surface area contributed by atoms with E-state index in [9.17, 15) is 24.9 Å². The van der Waals surface area contributed by atoms with Crippen molar-refractivity contribution in [3.63, 3.8) is 0 Å². The van der Waals surface area contributed by atoms with Crippen molar-refractivity contribution in [1.82, 2.24) is 4.90 Å². The van der Waals surface area contributed by atoms with Gasteiger partial charge in [-0.05, 0) is 12.8 Å². The zero-order chi connectivity index (χ0) is 12.3. The Morgan fingerprint density at radius 2 is 1.89 bits per heavy atom. The summed E-state index contributed by atoms with van der Waals surface area (Å²) in [7, 11) is 0. The van der Waals surface area contributed by atoms with Gasteiger partial charge in [0.1, 0.15) is 0 Å². The van der Waals surface area contributed by atoms with Gasteiger partial charge in [0.2, 0.25) is 0 Å². The van der Waals surface area contributed by atoms with Gasteiger partial charge in [0.25, 0.3) is 0 Å². The number of aliphatic hydroxyl groups is 1. The standard InChI is InChI=1S/C9H14N2O5.2Na/c10-9-5(2-7(13)14)1-6(12)3-11(9)4-8(15)16;;/h5-6,10,12H,1-4H2,(H,13,14)(H,15,16);;/q;2*+1/p-2. The molecule has 0 radical (unpaired) electrons. The van der Waals surface area contributed by atoms with Crippen LogP contribution in [-0.4, -0.2) is 47.0 Å². The van der Waals surface area contributed by atoms with Crippen LogP contribution < -0.4 is 69.3 Å². The van der Waals surface area contributed by atoms with Crippen molar-refractivity contribution in [2.45, 2.75) is 18.9 Å². The summed E-state index contributed by atoms with van der Waals surface area (Å²) in [5, 5.41) is 37.8. The summed E-state index contributed by atoms with van der Waals surface area (Å²) >= 11 is 0.